The maximum Gasteiger partial charge on any atom is 0.341 e. The smallest absolute Gasteiger partial charge is 0.341 e. The van der Waals surface area contributed by atoms with Gasteiger partial charge in [0.2, 0.25) is 0 Å². The number of nitrogen functional groups attached to an aromatic ring is 1. The molecule has 1 aromatic carbocycles. The predicted molar refractivity (Wildman–Crippen MR) is 78.5 cm³/mol. The van der Waals surface area contributed by atoms with Crippen molar-refractivity contribution in [3.8, 4) is 0 Å². The van der Waals surface area contributed by atoms with Gasteiger partial charge in [0, 0.05) is 6.54 Å². The van der Waals surface area contributed by atoms with Crippen LogP contribution in [0, 0.1) is 6.92 Å². The molecule has 0 aliphatic carbocycles. The number of ether oxygens (including phenoxy) is 1. The SMILES string of the molecule is COC(=O)c1cc(N)cnc1NCc1ccccc1C. The van der Waals surface area contributed by atoms with Crippen molar-refractivity contribution in [3.63, 3.8) is 0 Å². The Labute approximate surface area is 117 Å². The van der Waals surface area contributed by atoms with Crippen LogP contribution in [0.15, 0.2) is 36.5 Å². The predicted octanol–water partition coefficient (Wildman–Crippen LogP) is 2.37. The van der Waals surface area contributed by atoms with Gasteiger partial charge in [-0.15, -0.1) is 0 Å². The summed E-state index contributed by atoms with van der Waals surface area (Å²) in [5.41, 5.74) is 8.73. The van der Waals surface area contributed by atoms with Gasteiger partial charge in [-0.25, -0.2) is 9.78 Å². The molecule has 5 nitrogen and oxygen atoms in total. The second kappa shape index (κ2) is 6.06. The van der Waals surface area contributed by atoms with Gasteiger partial charge < -0.3 is 15.8 Å². The highest BCUT2D eigenvalue weighted by atomic mass is 16.5. The summed E-state index contributed by atoms with van der Waals surface area (Å²) in [5.74, 6) is 0.00591. The number of nitrogens with two attached hydrogens (primary N) is 1. The van der Waals surface area contributed by atoms with Crippen molar-refractivity contribution in [3.05, 3.63) is 53.2 Å². The molecule has 0 aliphatic rings. The second-order valence-electron chi connectivity index (χ2n) is 4.44. The van der Waals surface area contributed by atoms with Gasteiger partial charge in [0.05, 0.1) is 19.0 Å². The first kappa shape index (κ1) is 13.9. The van der Waals surface area contributed by atoms with Crippen molar-refractivity contribution in [1.29, 1.82) is 0 Å². The minimum absolute atomic E-state index is 0.334. The lowest BCUT2D eigenvalue weighted by Gasteiger charge is -2.11. The molecule has 0 saturated heterocycles. The minimum atomic E-state index is -0.461. The Hall–Kier alpha value is -2.56. The first-order valence-electron chi connectivity index (χ1n) is 6.24. The van der Waals surface area contributed by atoms with Crippen LogP contribution in [0.3, 0.4) is 0 Å². The fourth-order valence-electron chi connectivity index (χ4n) is 1.87. The van der Waals surface area contributed by atoms with Gasteiger partial charge in [0.25, 0.3) is 0 Å². The number of benzene rings is 1. The zero-order chi connectivity index (χ0) is 14.5. The number of esters is 1. The topological polar surface area (TPSA) is 77.2 Å². The highest BCUT2D eigenvalue weighted by molar-refractivity contribution is 5.95. The van der Waals surface area contributed by atoms with Gasteiger partial charge in [-0.3, -0.25) is 0 Å². The number of methoxy groups -OCH3 is 1. The summed E-state index contributed by atoms with van der Waals surface area (Å²) in [5, 5.41) is 3.15. The van der Waals surface area contributed by atoms with Crippen LogP contribution >= 0.6 is 0 Å². The molecule has 0 unspecified atom stereocenters. The summed E-state index contributed by atoms with van der Waals surface area (Å²) < 4.78 is 4.73. The van der Waals surface area contributed by atoms with E-state index >= 15 is 0 Å². The number of carbonyl (C=O) groups is 1. The Bertz CT molecular complexity index is 626. The van der Waals surface area contributed by atoms with E-state index in [-0.39, 0.29) is 0 Å². The van der Waals surface area contributed by atoms with Crippen LogP contribution in [0.5, 0.6) is 0 Å². The molecule has 0 bridgehead atoms. The average molecular weight is 271 g/mol. The lowest BCUT2D eigenvalue weighted by Crippen LogP contribution is -2.11. The summed E-state index contributed by atoms with van der Waals surface area (Å²) in [4.78, 5) is 15.9. The summed E-state index contributed by atoms with van der Waals surface area (Å²) in [6.07, 6.45) is 1.51. The van der Waals surface area contributed by atoms with Crippen molar-refractivity contribution in [2.75, 3.05) is 18.2 Å². The Morgan fingerprint density at radius 3 is 2.85 bits per heavy atom. The van der Waals surface area contributed by atoms with Crippen molar-refractivity contribution in [1.82, 2.24) is 4.98 Å². The number of carbonyl (C=O) groups excluding carboxylic acids is 1. The first-order valence-corrected chi connectivity index (χ1v) is 6.24. The molecular formula is C15H17N3O2. The van der Waals surface area contributed by atoms with Gasteiger partial charge in [-0.1, -0.05) is 24.3 Å². The fourth-order valence-corrected chi connectivity index (χ4v) is 1.87. The van der Waals surface area contributed by atoms with E-state index in [4.69, 9.17) is 10.5 Å². The molecule has 2 rings (SSSR count). The van der Waals surface area contributed by atoms with Crippen LogP contribution in [-0.4, -0.2) is 18.1 Å². The molecule has 1 heterocycles. The number of nitrogens with one attached hydrogen (secondary N) is 1. The molecule has 20 heavy (non-hydrogen) atoms. The molecule has 104 valence electrons. The molecule has 0 aliphatic heterocycles. The average Bonchev–Trinajstić information content (AvgIpc) is 2.46. The number of aromatic nitrogens is 1. The quantitative estimate of drug-likeness (QED) is 0.835. The molecule has 0 radical (unpaired) electrons. The third kappa shape index (κ3) is 3.06. The number of aryl methyl sites for hydroxylation is 1. The maximum absolute atomic E-state index is 11.7. The lowest BCUT2D eigenvalue weighted by molar-refractivity contribution is 0.0601. The van der Waals surface area contributed by atoms with Crippen LogP contribution in [0.4, 0.5) is 11.5 Å². The zero-order valence-corrected chi connectivity index (χ0v) is 11.5. The summed E-state index contributed by atoms with van der Waals surface area (Å²) in [6.45, 7) is 2.61. The van der Waals surface area contributed by atoms with Crippen molar-refractivity contribution < 1.29 is 9.53 Å². The van der Waals surface area contributed by atoms with E-state index < -0.39 is 5.97 Å². The number of hydrogen-bond donors (Lipinski definition) is 2. The summed E-state index contributed by atoms with van der Waals surface area (Å²) in [7, 11) is 1.33. The van der Waals surface area contributed by atoms with E-state index in [1.807, 2.05) is 31.2 Å². The maximum atomic E-state index is 11.7. The molecule has 0 fully saturated rings. The summed E-state index contributed by atoms with van der Waals surface area (Å²) in [6, 6.07) is 9.58. The van der Waals surface area contributed by atoms with E-state index in [1.165, 1.54) is 18.9 Å². The molecule has 0 spiro atoms. The Morgan fingerprint density at radius 2 is 2.15 bits per heavy atom. The van der Waals surface area contributed by atoms with Gasteiger partial charge in [-0.05, 0) is 24.1 Å². The van der Waals surface area contributed by atoms with Crippen LogP contribution in [0.1, 0.15) is 21.5 Å². The Morgan fingerprint density at radius 1 is 1.40 bits per heavy atom. The Balaban J connectivity index is 2.21. The van der Waals surface area contributed by atoms with Gasteiger partial charge >= 0.3 is 5.97 Å². The number of nitrogens with zero attached hydrogens (tertiary/aromatic N) is 1. The molecule has 0 amide bonds. The van der Waals surface area contributed by atoms with E-state index in [1.54, 1.807) is 6.07 Å². The minimum Gasteiger partial charge on any atom is -0.465 e. The van der Waals surface area contributed by atoms with Crippen LogP contribution in [-0.2, 0) is 11.3 Å². The van der Waals surface area contributed by atoms with Crippen LogP contribution < -0.4 is 11.1 Å². The summed E-state index contributed by atoms with van der Waals surface area (Å²) >= 11 is 0. The molecule has 2 aromatic rings. The fraction of sp³-hybridized carbons (Fsp3) is 0.200. The Kier molecular flexibility index (Phi) is 4.20. The monoisotopic (exact) mass is 271 g/mol. The van der Waals surface area contributed by atoms with E-state index in [2.05, 4.69) is 10.3 Å². The molecule has 1 aromatic heterocycles. The van der Waals surface area contributed by atoms with Gasteiger partial charge in [-0.2, -0.15) is 0 Å². The second-order valence-corrected chi connectivity index (χ2v) is 4.44. The standard InChI is InChI=1S/C15H17N3O2/c1-10-5-3-4-6-11(10)8-17-14-13(15(19)20-2)7-12(16)9-18-14/h3-7,9H,8,16H2,1-2H3,(H,17,18). The van der Waals surface area contributed by atoms with E-state index in [9.17, 15) is 4.79 Å². The van der Waals surface area contributed by atoms with Crippen molar-refractivity contribution in [2.24, 2.45) is 0 Å². The van der Waals surface area contributed by atoms with E-state index in [0.717, 1.165) is 5.56 Å². The van der Waals surface area contributed by atoms with Crippen molar-refractivity contribution >= 4 is 17.5 Å². The number of rotatable bonds is 4. The largest absolute Gasteiger partial charge is 0.465 e. The van der Waals surface area contributed by atoms with Crippen LogP contribution in [0.25, 0.3) is 0 Å². The number of pyridine rings is 1. The van der Waals surface area contributed by atoms with Crippen molar-refractivity contribution in [2.45, 2.75) is 13.5 Å². The first-order chi connectivity index (χ1) is 9.61. The zero-order valence-electron chi connectivity index (χ0n) is 11.5. The van der Waals surface area contributed by atoms with Gasteiger partial charge in [0.1, 0.15) is 11.4 Å². The lowest BCUT2D eigenvalue weighted by atomic mass is 10.1. The molecule has 0 saturated carbocycles. The molecule has 3 N–H and O–H groups in total. The molecular weight excluding hydrogens is 254 g/mol. The molecule has 5 heteroatoms. The van der Waals surface area contributed by atoms with Gasteiger partial charge in [0.15, 0.2) is 0 Å². The third-order valence-electron chi connectivity index (χ3n) is 3.02. The molecule has 0 atom stereocenters. The van der Waals surface area contributed by atoms with Crippen LogP contribution in [0.2, 0.25) is 0 Å². The highest BCUT2D eigenvalue weighted by Gasteiger charge is 2.13. The number of hydrogen-bond acceptors (Lipinski definition) is 5. The van der Waals surface area contributed by atoms with E-state index in [0.29, 0.717) is 23.6 Å². The normalized spacial score (nSPS) is 10.1. The number of anilines is 2. The third-order valence-corrected chi connectivity index (χ3v) is 3.02. The highest BCUT2D eigenvalue weighted by Crippen LogP contribution is 2.18.